The Hall–Kier alpha value is -1.85. The summed E-state index contributed by atoms with van der Waals surface area (Å²) in [5.74, 6) is -0.431. The van der Waals surface area contributed by atoms with E-state index in [4.69, 9.17) is 4.74 Å². The second kappa shape index (κ2) is 5.20. The van der Waals surface area contributed by atoms with Gasteiger partial charge in [0.05, 0.1) is 24.9 Å². The molecule has 18 heavy (non-hydrogen) atoms. The maximum Gasteiger partial charge on any atom is 0.435 e. The third kappa shape index (κ3) is 3.87. The minimum absolute atomic E-state index is 0.0173. The molecule has 0 amide bonds. The second-order valence-electron chi connectivity index (χ2n) is 4.92. The number of hydrogen-bond donors (Lipinski definition) is 0. The first-order chi connectivity index (χ1) is 8.23. The average Bonchev–Trinajstić information content (AvgIpc) is 2.56. The lowest BCUT2D eigenvalue weighted by Gasteiger charge is -2.19. The summed E-state index contributed by atoms with van der Waals surface area (Å²) in [5.41, 5.74) is 0.479. The van der Waals surface area contributed by atoms with Gasteiger partial charge >= 0.3 is 12.1 Å². The lowest BCUT2D eigenvalue weighted by molar-refractivity contribution is -0.139. The van der Waals surface area contributed by atoms with Crippen molar-refractivity contribution in [2.75, 3.05) is 7.11 Å². The zero-order valence-corrected chi connectivity index (χ0v) is 11.3. The molecule has 0 spiro atoms. The van der Waals surface area contributed by atoms with Gasteiger partial charge in [-0.3, -0.25) is 4.79 Å². The number of rotatable bonds is 2. The Morgan fingerprint density at radius 3 is 2.50 bits per heavy atom. The largest absolute Gasteiger partial charge is 0.469 e. The van der Waals surface area contributed by atoms with Gasteiger partial charge in [0, 0.05) is 0 Å². The van der Waals surface area contributed by atoms with Gasteiger partial charge in [-0.25, -0.2) is 4.79 Å². The summed E-state index contributed by atoms with van der Waals surface area (Å²) in [6.45, 7) is 7.03. The number of aryl methyl sites for hydroxylation is 1. The standard InChI is InChI=1S/C12H18N2O4/c1-8-6-9(7-10(15)17-5)14(13-8)11(16)18-12(2,3)4/h6H,7H2,1-5H3. The first kappa shape index (κ1) is 14.2. The molecule has 0 saturated heterocycles. The van der Waals surface area contributed by atoms with Crippen molar-refractivity contribution >= 4 is 12.1 Å². The van der Waals surface area contributed by atoms with Gasteiger partial charge in [-0.2, -0.15) is 9.78 Å². The van der Waals surface area contributed by atoms with Gasteiger partial charge in [0.1, 0.15) is 5.60 Å². The summed E-state index contributed by atoms with van der Waals surface area (Å²) >= 11 is 0. The Kier molecular flexibility index (Phi) is 4.11. The number of methoxy groups -OCH3 is 1. The molecular weight excluding hydrogens is 236 g/mol. The second-order valence-corrected chi connectivity index (χ2v) is 4.92. The van der Waals surface area contributed by atoms with Crippen molar-refractivity contribution in [3.63, 3.8) is 0 Å². The fraction of sp³-hybridized carbons (Fsp3) is 0.583. The highest BCUT2D eigenvalue weighted by atomic mass is 16.6. The van der Waals surface area contributed by atoms with Crippen LogP contribution in [0.5, 0.6) is 0 Å². The summed E-state index contributed by atoms with van der Waals surface area (Å²) < 4.78 is 10.9. The van der Waals surface area contributed by atoms with Crippen LogP contribution in [0.15, 0.2) is 6.07 Å². The van der Waals surface area contributed by atoms with Gasteiger partial charge in [-0.05, 0) is 33.8 Å². The summed E-state index contributed by atoms with van der Waals surface area (Å²) in [7, 11) is 1.30. The SMILES string of the molecule is COC(=O)Cc1cc(C)nn1C(=O)OC(C)(C)C. The molecule has 100 valence electrons. The summed E-state index contributed by atoms with van der Waals surface area (Å²) in [6.07, 6.45) is -0.620. The predicted octanol–water partition coefficient (Wildman–Crippen LogP) is 1.69. The topological polar surface area (TPSA) is 70.4 Å². The van der Waals surface area contributed by atoms with Crippen molar-refractivity contribution in [1.82, 2.24) is 9.78 Å². The van der Waals surface area contributed by atoms with Crippen LogP contribution >= 0.6 is 0 Å². The molecule has 6 nitrogen and oxygen atoms in total. The van der Waals surface area contributed by atoms with Gasteiger partial charge in [0.15, 0.2) is 0 Å². The molecule has 0 unspecified atom stereocenters. The molecule has 1 rings (SSSR count). The average molecular weight is 254 g/mol. The molecule has 1 aromatic rings. The summed E-state index contributed by atoms with van der Waals surface area (Å²) in [4.78, 5) is 23.1. The molecule has 1 heterocycles. The monoisotopic (exact) mass is 254 g/mol. The fourth-order valence-corrected chi connectivity index (χ4v) is 1.36. The zero-order chi connectivity index (χ0) is 13.9. The molecule has 0 aliphatic rings. The molecule has 0 aromatic carbocycles. The predicted molar refractivity (Wildman–Crippen MR) is 64.3 cm³/mol. The van der Waals surface area contributed by atoms with Crippen LogP contribution < -0.4 is 0 Å². The molecule has 0 fully saturated rings. The van der Waals surface area contributed by atoms with Gasteiger partial charge < -0.3 is 9.47 Å². The number of carbonyl (C=O) groups is 2. The zero-order valence-electron chi connectivity index (χ0n) is 11.3. The molecule has 0 aliphatic carbocycles. The molecule has 0 atom stereocenters. The molecule has 6 heteroatoms. The van der Waals surface area contributed by atoms with E-state index in [0.717, 1.165) is 4.68 Å². The minimum Gasteiger partial charge on any atom is -0.469 e. The number of hydrogen-bond acceptors (Lipinski definition) is 5. The number of carbonyl (C=O) groups excluding carboxylic acids is 2. The van der Waals surface area contributed by atoms with E-state index in [0.29, 0.717) is 11.4 Å². The molecular formula is C12H18N2O4. The first-order valence-electron chi connectivity index (χ1n) is 5.58. The third-order valence-electron chi connectivity index (χ3n) is 2.02. The minimum atomic E-state index is -0.612. The molecule has 0 N–H and O–H groups in total. The van der Waals surface area contributed by atoms with Gasteiger partial charge in [-0.15, -0.1) is 0 Å². The van der Waals surface area contributed by atoms with Crippen LogP contribution in [0, 0.1) is 6.92 Å². The van der Waals surface area contributed by atoms with Crippen LogP contribution in [-0.4, -0.2) is 34.6 Å². The van der Waals surface area contributed by atoms with Crippen molar-refractivity contribution in [2.24, 2.45) is 0 Å². The molecule has 0 bridgehead atoms. The lowest BCUT2D eigenvalue weighted by atomic mass is 10.2. The molecule has 0 radical (unpaired) electrons. The quantitative estimate of drug-likeness (QED) is 0.751. The van der Waals surface area contributed by atoms with Crippen LogP contribution in [-0.2, 0) is 20.7 Å². The van der Waals surface area contributed by atoms with Gasteiger partial charge in [0.25, 0.3) is 0 Å². The van der Waals surface area contributed by atoms with E-state index < -0.39 is 17.7 Å². The number of aromatic nitrogens is 2. The Balaban J connectivity index is 2.94. The van der Waals surface area contributed by atoms with E-state index in [1.807, 2.05) is 0 Å². The fourth-order valence-electron chi connectivity index (χ4n) is 1.36. The smallest absolute Gasteiger partial charge is 0.435 e. The third-order valence-corrected chi connectivity index (χ3v) is 2.02. The highest BCUT2D eigenvalue weighted by Crippen LogP contribution is 2.12. The van der Waals surface area contributed by atoms with E-state index >= 15 is 0 Å². The van der Waals surface area contributed by atoms with Crippen LogP contribution in [0.2, 0.25) is 0 Å². The van der Waals surface area contributed by atoms with Gasteiger partial charge in [-0.1, -0.05) is 0 Å². The van der Waals surface area contributed by atoms with Crippen molar-refractivity contribution in [2.45, 2.75) is 39.7 Å². The Bertz CT molecular complexity index is 457. The summed E-state index contributed by atoms with van der Waals surface area (Å²) in [5, 5.41) is 4.02. The van der Waals surface area contributed by atoms with Crippen molar-refractivity contribution < 1.29 is 19.1 Å². The Labute approximate surface area is 106 Å². The maximum absolute atomic E-state index is 11.9. The van der Waals surface area contributed by atoms with E-state index in [-0.39, 0.29) is 6.42 Å². The van der Waals surface area contributed by atoms with E-state index in [1.54, 1.807) is 33.8 Å². The van der Waals surface area contributed by atoms with Gasteiger partial charge in [0.2, 0.25) is 0 Å². The summed E-state index contributed by atoms with van der Waals surface area (Å²) in [6, 6.07) is 1.65. The molecule has 0 saturated carbocycles. The van der Waals surface area contributed by atoms with E-state index in [1.165, 1.54) is 7.11 Å². The molecule has 0 aliphatic heterocycles. The Morgan fingerprint density at radius 1 is 1.39 bits per heavy atom. The number of ether oxygens (including phenoxy) is 2. The normalized spacial score (nSPS) is 11.2. The lowest BCUT2D eigenvalue weighted by Crippen LogP contribution is -2.29. The van der Waals surface area contributed by atoms with Crippen molar-refractivity contribution in [3.8, 4) is 0 Å². The number of esters is 1. The van der Waals surface area contributed by atoms with Crippen LogP contribution in [0.4, 0.5) is 4.79 Å². The van der Waals surface area contributed by atoms with Crippen LogP contribution in [0.1, 0.15) is 32.2 Å². The maximum atomic E-state index is 11.9. The first-order valence-corrected chi connectivity index (χ1v) is 5.58. The van der Waals surface area contributed by atoms with Crippen LogP contribution in [0.25, 0.3) is 0 Å². The van der Waals surface area contributed by atoms with Crippen molar-refractivity contribution in [3.05, 3.63) is 17.5 Å². The Morgan fingerprint density at radius 2 is 2.00 bits per heavy atom. The van der Waals surface area contributed by atoms with E-state index in [9.17, 15) is 9.59 Å². The van der Waals surface area contributed by atoms with E-state index in [2.05, 4.69) is 9.84 Å². The van der Waals surface area contributed by atoms with Crippen molar-refractivity contribution in [1.29, 1.82) is 0 Å². The molecule has 1 aromatic heterocycles. The highest BCUT2D eigenvalue weighted by molar-refractivity contribution is 5.76. The van der Waals surface area contributed by atoms with Crippen LogP contribution in [0.3, 0.4) is 0 Å². The highest BCUT2D eigenvalue weighted by Gasteiger charge is 2.22. The number of nitrogens with zero attached hydrogens (tertiary/aromatic N) is 2.